The molecule has 0 aliphatic heterocycles. The molecule has 11 heteroatoms. The van der Waals surface area contributed by atoms with Crippen LogP contribution in [0.5, 0.6) is 0 Å². The number of carbonyl (C=O) groups is 2. The molecule has 0 aliphatic rings. The first-order chi connectivity index (χ1) is 10.9. The van der Waals surface area contributed by atoms with Crippen LogP contribution in [0, 0.1) is 0 Å². The summed E-state index contributed by atoms with van der Waals surface area (Å²) in [7, 11) is 1.67. The molecule has 0 spiro atoms. The smallest absolute Gasteiger partial charge is 0.273 e. The molecule has 23 heavy (non-hydrogen) atoms. The topological polar surface area (TPSA) is 174 Å². The Balaban J connectivity index is 2.73. The molecule has 0 radical (unpaired) electrons. The predicted octanol–water partition coefficient (Wildman–Crippen LogP) is -2.27. The summed E-state index contributed by atoms with van der Waals surface area (Å²) in [5, 5.41) is 8.41. The third-order valence-electron chi connectivity index (χ3n) is 3.08. The molecule has 0 aliphatic carbocycles. The lowest BCUT2D eigenvalue weighted by atomic mass is 10.1. The Labute approximate surface area is 138 Å². The number of aldehydes is 1. The second-order valence-corrected chi connectivity index (χ2v) is 5.00. The fraction of sp³-hybridized carbons (Fsp3) is 0.500. The number of nitrogen functional groups attached to an aromatic ring is 2. The quantitative estimate of drug-likeness (QED) is 0.270. The average Bonchev–Trinajstić information content (AvgIpc) is 2.53. The van der Waals surface area contributed by atoms with Crippen LogP contribution in [0.3, 0.4) is 0 Å². The van der Waals surface area contributed by atoms with E-state index in [1.165, 1.54) is 0 Å². The maximum Gasteiger partial charge on any atom is 0.273 e. The SMILES string of the molecule is CNC(CNC(=O)c1nc(Cl)c(N)nc1N)C(C=O)NCCN. The molecule has 0 saturated carbocycles. The first-order valence-corrected chi connectivity index (χ1v) is 7.25. The van der Waals surface area contributed by atoms with Crippen LogP contribution in [0.2, 0.25) is 5.15 Å². The van der Waals surface area contributed by atoms with E-state index >= 15 is 0 Å². The summed E-state index contributed by atoms with van der Waals surface area (Å²) in [4.78, 5) is 30.8. The fourth-order valence-electron chi connectivity index (χ4n) is 1.84. The Bertz CT molecular complexity index is 556. The highest BCUT2D eigenvalue weighted by atomic mass is 35.5. The van der Waals surface area contributed by atoms with E-state index in [4.69, 9.17) is 28.8 Å². The van der Waals surface area contributed by atoms with Gasteiger partial charge in [0.2, 0.25) is 0 Å². The van der Waals surface area contributed by atoms with E-state index < -0.39 is 11.9 Å². The molecule has 1 amide bonds. The predicted molar refractivity (Wildman–Crippen MR) is 88.0 cm³/mol. The largest absolute Gasteiger partial charge is 0.382 e. The average molecular weight is 345 g/mol. The molecule has 2 unspecified atom stereocenters. The summed E-state index contributed by atoms with van der Waals surface area (Å²) >= 11 is 5.74. The van der Waals surface area contributed by atoms with E-state index in [2.05, 4.69) is 25.9 Å². The fourth-order valence-corrected chi connectivity index (χ4v) is 1.97. The number of rotatable bonds is 9. The molecule has 9 N–H and O–H groups in total. The van der Waals surface area contributed by atoms with Gasteiger partial charge in [0.1, 0.15) is 6.29 Å². The first kappa shape index (κ1) is 19.0. The van der Waals surface area contributed by atoms with Gasteiger partial charge in [-0.25, -0.2) is 9.97 Å². The summed E-state index contributed by atoms with van der Waals surface area (Å²) < 4.78 is 0. The van der Waals surface area contributed by atoms with Crippen LogP contribution in [-0.2, 0) is 4.79 Å². The lowest BCUT2D eigenvalue weighted by molar-refractivity contribution is -0.110. The highest BCUT2D eigenvalue weighted by Crippen LogP contribution is 2.17. The molecule has 1 heterocycles. The van der Waals surface area contributed by atoms with E-state index in [9.17, 15) is 9.59 Å². The van der Waals surface area contributed by atoms with Crippen molar-refractivity contribution in [2.75, 3.05) is 38.1 Å². The number of nitrogens with two attached hydrogens (primary N) is 3. The number of nitrogens with one attached hydrogen (secondary N) is 3. The van der Waals surface area contributed by atoms with Crippen molar-refractivity contribution in [3.8, 4) is 0 Å². The molecule has 1 aromatic rings. The number of aromatic nitrogens is 2. The van der Waals surface area contributed by atoms with Gasteiger partial charge in [-0.05, 0) is 7.05 Å². The van der Waals surface area contributed by atoms with Crippen molar-refractivity contribution in [2.24, 2.45) is 5.73 Å². The van der Waals surface area contributed by atoms with Crippen LogP contribution in [0.1, 0.15) is 10.5 Å². The maximum atomic E-state index is 12.1. The molecule has 0 bridgehead atoms. The highest BCUT2D eigenvalue weighted by Gasteiger charge is 2.21. The second kappa shape index (κ2) is 9.20. The molecule has 0 aromatic carbocycles. The van der Waals surface area contributed by atoms with Gasteiger partial charge in [0.05, 0.1) is 6.04 Å². The zero-order valence-electron chi connectivity index (χ0n) is 12.7. The zero-order valence-corrected chi connectivity index (χ0v) is 13.4. The first-order valence-electron chi connectivity index (χ1n) is 6.87. The zero-order chi connectivity index (χ0) is 17.4. The Hall–Kier alpha value is -2.01. The van der Waals surface area contributed by atoms with Gasteiger partial charge in [-0.3, -0.25) is 4.79 Å². The van der Waals surface area contributed by atoms with Gasteiger partial charge in [0, 0.05) is 25.7 Å². The van der Waals surface area contributed by atoms with Crippen molar-refractivity contribution in [3.05, 3.63) is 10.8 Å². The monoisotopic (exact) mass is 344 g/mol. The van der Waals surface area contributed by atoms with Crippen LogP contribution in [-0.4, -0.2) is 60.9 Å². The Morgan fingerprint density at radius 3 is 2.61 bits per heavy atom. The van der Waals surface area contributed by atoms with Crippen LogP contribution in [0.15, 0.2) is 0 Å². The number of anilines is 2. The third kappa shape index (κ3) is 5.28. The summed E-state index contributed by atoms with van der Waals surface area (Å²) in [5.41, 5.74) is 16.3. The van der Waals surface area contributed by atoms with Gasteiger partial charge in [-0.15, -0.1) is 0 Å². The minimum atomic E-state index is -0.569. The van der Waals surface area contributed by atoms with Crippen molar-refractivity contribution >= 4 is 35.4 Å². The normalized spacial score (nSPS) is 13.3. The second-order valence-electron chi connectivity index (χ2n) is 4.64. The molecule has 2 atom stereocenters. The van der Waals surface area contributed by atoms with Crippen molar-refractivity contribution < 1.29 is 9.59 Å². The summed E-state index contributed by atoms with van der Waals surface area (Å²) in [6.45, 7) is 1.02. The van der Waals surface area contributed by atoms with Gasteiger partial charge in [-0.2, -0.15) is 0 Å². The number of hydrogen-bond acceptors (Lipinski definition) is 9. The van der Waals surface area contributed by atoms with Crippen molar-refractivity contribution in [1.82, 2.24) is 25.9 Å². The highest BCUT2D eigenvalue weighted by molar-refractivity contribution is 6.31. The van der Waals surface area contributed by atoms with Gasteiger partial charge >= 0.3 is 0 Å². The molecular weight excluding hydrogens is 324 g/mol. The number of likely N-dealkylation sites (N-methyl/N-ethyl adjacent to an activating group) is 1. The van der Waals surface area contributed by atoms with Crippen LogP contribution >= 0.6 is 11.6 Å². The van der Waals surface area contributed by atoms with E-state index in [0.29, 0.717) is 13.1 Å². The Morgan fingerprint density at radius 1 is 1.35 bits per heavy atom. The lowest BCUT2D eigenvalue weighted by Gasteiger charge is -2.23. The standard InChI is InChI=1S/C12H21ClN8O2/c1-17-6(7(5-22)18-3-2-14)4-19-12(23)8-10(15)21-11(16)9(13)20-8/h5-7,17-18H,2-4,14H2,1H3,(H,19,23)(H4,15,16,21). The van der Waals surface area contributed by atoms with Crippen LogP contribution in [0.4, 0.5) is 11.6 Å². The van der Waals surface area contributed by atoms with E-state index in [-0.39, 0.29) is 35.1 Å². The maximum absolute atomic E-state index is 12.1. The van der Waals surface area contributed by atoms with Crippen molar-refractivity contribution in [1.29, 1.82) is 0 Å². The lowest BCUT2D eigenvalue weighted by Crippen LogP contribution is -2.54. The molecule has 0 saturated heterocycles. The van der Waals surface area contributed by atoms with E-state index in [1.54, 1.807) is 7.05 Å². The molecule has 1 aromatic heterocycles. The molecule has 0 fully saturated rings. The molecule has 10 nitrogen and oxygen atoms in total. The minimum absolute atomic E-state index is 0.0548. The van der Waals surface area contributed by atoms with Gasteiger partial charge in [0.25, 0.3) is 5.91 Å². The number of carbonyl (C=O) groups excluding carboxylic acids is 2. The van der Waals surface area contributed by atoms with Gasteiger partial charge < -0.3 is 37.9 Å². The number of nitrogens with zero attached hydrogens (tertiary/aromatic N) is 2. The van der Waals surface area contributed by atoms with Crippen molar-refractivity contribution in [2.45, 2.75) is 12.1 Å². The van der Waals surface area contributed by atoms with E-state index in [0.717, 1.165) is 6.29 Å². The van der Waals surface area contributed by atoms with Crippen LogP contribution in [0.25, 0.3) is 0 Å². The number of halogens is 1. The Kier molecular flexibility index (Phi) is 7.62. The molecular formula is C12H21ClN8O2. The molecule has 1 rings (SSSR count). The minimum Gasteiger partial charge on any atom is -0.382 e. The van der Waals surface area contributed by atoms with Crippen molar-refractivity contribution in [3.63, 3.8) is 0 Å². The molecule has 128 valence electrons. The van der Waals surface area contributed by atoms with E-state index in [1.807, 2.05) is 0 Å². The third-order valence-corrected chi connectivity index (χ3v) is 3.36. The van der Waals surface area contributed by atoms with Gasteiger partial charge in [-0.1, -0.05) is 11.6 Å². The van der Waals surface area contributed by atoms with Gasteiger partial charge in [0.15, 0.2) is 22.5 Å². The Morgan fingerprint density at radius 2 is 2.04 bits per heavy atom. The summed E-state index contributed by atoms with van der Waals surface area (Å²) in [6.07, 6.45) is 0.747. The summed E-state index contributed by atoms with van der Waals surface area (Å²) in [6, 6.07) is -0.858. The number of amides is 1. The summed E-state index contributed by atoms with van der Waals surface area (Å²) in [5.74, 6) is -0.750. The van der Waals surface area contributed by atoms with Crippen LogP contribution < -0.4 is 33.2 Å². The number of hydrogen-bond donors (Lipinski definition) is 6.